The van der Waals surface area contributed by atoms with E-state index in [-0.39, 0.29) is 0 Å². The van der Waals surface area contributed by atoms with Crippen molar-refractivity contribution >= 4 is 44.7 Å². The molecule has 8 heteroatoms. The Kier molecular flexibility index (Phi) is 4.54. The average molecular weight is 389 g/mol. The second kappa shape index (κ2) is 7.47. The number of fused-ring (bicyclic) bond motifs is 1. The number of nitrogens with one attached hydrogen (secondary N) is 2. The zero-order chi connectivity index (χ0) is 18.8. The second-order valence-electron chi connectivity index (χ2n) is 6.88. The Balaban J connectivity index is 1.36. The van der Waals surface area contributed by atoms with E-state index in [2.05, 4.69) is 35.8 Å². The summed E-state index contributed by atoms with van der Waals surface area (Å²) in [6, 6.07) is 9.70. The number of nitrogens with zero attached hydrogens (tertiary/aromatic N) is 5. The first kappa shape index (κ1) is 17.0. The summed E-state index contributed by atoms with van der Waals surface area (Å²) in [5.41, 5.74) is 3.42. The van der Waals surface area contributed by atoms with Gasteiger partial charge in [0.2, 0.25) is 5.13 Å². The van der Waals surface area contributed by atoms with Gasteiger partial charge >= 0.3 is 0 Å². The molecule has 0 spiro atoms. The van der Waals surface area contributed by atoms with Gasteiger partial charge in [0, 0.05) is 12.1 Å². The molecule has 0 aromatic carbocycles. The number of anilines is 4. The van der Waals surface area contributed by atoms with Crippen molar-refractivity contribution in [3.8, 4) is 0 Å². The molecule has 1 aliphatic rings. The molecule has 140 valence electrons. The first-order valence-corrected chi connectivity index (χ1v) is 10.2. The Morgan fingerprint density at radius 3 is 2.71 bits per heavy atom. The molecule has 1 fully saturated rings. The van der Waals surface area contributed by atoms with Crippen molar-refractivity contribution < 1.29 is 0 Å². The van der Waals surface area contributed by atoms with Crippen LogP contribution < -0.4 is 10.6 Å². The van der Waals surface area contributed by atoms with E-state index < -0.39 is 0 Å². The maximum atomic E-state index is 4.69. The predicted molar refractivity (Wildman–Crippen MR) is 111 cm³/mol. The molecule has 5 rings (SSSR count). The highest BCUT2D eigenvalue weighted by Crippen LogP contribution is 2.36. The topological polar surface area (TPSA) is 88.5 Å². The van der Waals surface area contributed by atoms with Crippen molar-refractivity contribution in [3.05, 3.63) is 53.9 Å². The Morgan fingerprint density at radius 1 is 0.929 bits per heavy atom. The Bertz CT molecular complexity index is 1090. The van der Waals surface area contributed by atoms with Gasteiger partial charge in [0.25, 0.3) is 0 Å². The highest BCUT2D eigenvalue weighted by atomic mass is 32.1. The molecule has 4 heterocycles. The lowest BCUT2D eigenvalue weighted by atomic mass is 10.1. The second-order valence-corrected chi connectivity index (χ2v) is 7.89. The fourth-order valence-corrected chi connectivity index (χ4v) is 4.40. The Labute approximate surface area is 166 Å². The van der Waals surface area contributed by atoms with Gasteiger partial charge in [-0.3, -0.25) is 9.97 Å². The first-order chi connectivity index (χ1) is 13.8. The largest absolute Gasteiger partial charge is 0.353 e. The number of hydrogen-bond donors (Lipinski definition) is 2. The van der Waals surface area contributed by atoms with Crippen LogP contribution in [-0.2, 0) is 0 Å². The standard InChI is InChI=1S/C20H19N7S/c1-2-5-13(4-1)19-26-27-20(28-19)25-18-8-7-16-17(24-18)10-15(12-22-16)23-14-6-3-9-21-11-14/h3,6-13,23H,1-2,4-5H2,(H,24,25,27). The summed E-state index contributed by atoms with van der Waals surface area (Å²) in [6.45, 7) is 0. The van der Waals surface area contributed by atoms with Crippen molar-refractivity contribution in [2.45, 2.75) is 31.6 Å². The van der Waals surface area contributed by atoms with Crippen molar-refractivity contribution in [3.63, 3.8) is 0 Å². The highest BCUT2D eigenvalue weighted by Gasteiger charge is 2.21. The smallest absolute Gasteiger partial charge is 0.211 e. The monoisotopic (exact) mass is 389 g/mol. The number of hydrogen-bond acceptors (Lipinski definition) is 8. The first-order valence-electron chi connectivity index (χ1n) is 9.38. The van der Waals surface area contributed by atoms with Crippen molar-refractivity contribution in [1.29, 1.82) is 0 Å². The molecule has 4 aromatic rings. The molecule has 0 unspecified atom stereocenters. The van der Waals surface area contributed by atoms with Crippen LogP contribution in [0.1, 0.15) is 36.6 Å². The molecule has 0 atom stereocenters. The van der Waals surface area contributed by atoms with E-state index in [9.17, 15) is 0 Å². The summed E-state index contributed by atoms with van der Waals surface area (Å²) < 4.78 is 0. The molecule has 0 saturated heterocycles. The molecule has 1 saturated carbocycles. The van der Waals surface area contributed by atoms with Crippen LogP contribution in [0.25, 0.3) is 11.0 Å². The summed E-state index contributed by atoms with van der Waals surface area (Å²) in [7, 11) is 0. The van der Waals surface area contributed by atoms with E-state index in [1.54, 1.807) is 29.9 Å². The van der Waals surface area contributed by atoms with Gasteiger partial charge in [-0.05, 0) is 43.2 Å². The third-order valence-electron chi connectivity index (χ3n) is 4.87. The van der Waals surface area contributed by atoms with Gasteiger partial charge in [-0.25, -0.2) is 4.98 Å². The summed E-state index contributed by atoms with van der Waals surface area (Å²) in [5.74, 6) is 1.31. The third kappa shape index (κ3) is 3.63. The van der Waals surface area contributed by atoms with Gasteiger partial charge < -0.3 is 10.6 Å². The molecular formula is C20H19N7S. The molecule has 0 aliphatic heterocycles. The third-order valence-corrected chi connectivity index (χ3v) is 5.87. The van der Waals surface area contributed by atoms with E-state index in [4.69, 9.17) is 0 Å². The van der Waals surface area contributed by atoms with Gasteiger partial charge in [0.15, 0.2) is 0 Å². The summed E-state index contributed by atoms with van der Waals surface area (Å²) >= 11 is 1.63. The molecular weight excluding hydrogens is 370 g/mol. The lowest BCUT2D eigenvalue weighted by molar-refractivity contribution is 0.705. The van der Waals surface area contributed by atoms with Crippen molar-refractivity contribution in [2.75, 3.05) is 10.6 Å². The quantitative estimate of drug-likeness (QED) is 0.495. The average Bonchev–Trinajstić information content (AvgIpc) is 3.40. The van der Waals surface area contributed by atoms with Gasteiger partial charge in [-0.2, -0.15) is 0 Å². The van der Waals surface area contributed by atoms with Crippen molar-refractivity contribution in [2.24, 2.45) is 0 Å². The fraction of sp³-hybridized carbons (Fsp3) is 0.250. The molecule has 0 amide bonds. The van der Waals surface area contributed by atoms with Gasteiger partial charge in [-0.15, -0.1) is 10.2 Å². The molecule has 28 heavy (non-hydrogen) atoms. The maximum absolute atomic E-state index is 4.69. The van der Waals surface area contributed by atoms with Crippen LogP contribution >= 0.6 is 11.3 Å². The minimum Gasteiger partial charge on any atom is -0.353 e. The van der Waals surface area contributed by atoms with Crippen LogP contribution in [0.15, 0.2) is 48.9 Å². The van der Waals surface area contributed by atoms with E-state index in [0.717, 1.165) is 38.4 Å². The number of rotatable bonds is 5. The van der Waals surface area contributed by atoms with E-state index >= 15 is 0 Å². The van der Waals surface area contributed by atoms with Gasteiger partial charge in [0.1, 0.15) is 10.8 Å². The zero-order valence-electron chi connectivity index (χ0n) is 15.2. The molecule has 4 aromatic heterocycles. The fourth-order valence-electron chi connectivity index (χ4n) is 3.48. The summed E-state index contributed by atoms with van der Waals surface area (Å²) in [4.78, 5) is 13.3. The number of pyridine rings is 3. The van der Waals surface area contributed by atoms with Crippen LogP contribution in [0.5, 0.6) is 0 Å². The van der Waals surface area contributed by atoms with Crippen LogP contribution in [-0.4, -0.2) is 25.1 Å². The Morgan fingerprint density at radius 2 is 1.86 bits per heavy atom. The van der Waals surface area contributed by atoms with Crippen molar-refractivity contribution in [1.82, 2.24) is 25.1 Å². The summed E-state index contributed by atoms with van der Waals surface area (Å²) in [6.07, 6.45) is 10.3. The predicted octanol–water partition coefficient (Wildman–Crippen LogP) is 5.02. The zero-order valence-corrected chi connectivity index (χ0v) is 16.0. The van der Waals surface area contributed by atoms with Gasteiger partial charge in [-0.1, -0.05) is 24.2 Å². The lowest BCUT2D eigenvalue weighted by Crippen LogP contribution is -1.96. The number of aromatic nitrogens is 5. The van der Waals surface area contributed by atoms with Crippen LogP contribution in [0.2, 0.25) is 0 Å². The SMILES string of the molecule is c1cncc(Nc2cnc3ccc(Nc4nnc(C5CCCC5)s4)nc3c2)c1. The molecule has 2 N–H and O–H groups in total. The normalized spacial score (nSPS) is 14.4. The Hall–Kier alpha value is -3.13. The lowest BCUT2D eigenvalue weighted by Gasteiger charge is -2.07. The molecule has 0 bridgehead atoms. The van der Waals surface area contributed by atoms with Crippen LogP contribution in [0, 0.1) is 0 Å². The van der Waals surface area contributed by atoms with E-state index in [1.807, 2.05) is 30.3 Å². The van der Waals surface area contributed by atoms with Gasteiger partial charge in [0.05, 0.1) is 34.8 Å². The van der Waals surface area contributed by atoms with Crippen LogP contribution in [0.3, 0.4) is 0 Å². The van der Waals surface area contributed by atoms with E-state index in [0.29, 0.717) is 5.92 Å². The maximum Gasteiger partial charge on any atom is 0.211 e. The summed E-state index contributed by atoms with van der Waals surface area (Å²) in [5, 5.41) is 17.2. The highest BCUT2D eigenvalue weighted by molar-refractivity contribution is 7.15. The molecule has 0 radical (unpaired) electrons. The van der Waals surface area contributed by atoms with Crippen LogP contribution in [0.4, 0.5) is 22.3 Å². The minimum atomic E-state index is 0.572. The minimum absolute atomic E-state index is 0.572. The molecule has 7 nitrogen and oxygen atoms in total. The van der Waals surface area contributed by atoms with E-state index in [1.165, 1.54) is 25.7 Å². The molecule has 1 aliphatic carbocycles.